The summed E-state index contributed by atoms with van der Waals surface area (Å²) in [5.74, 6) is -0.309. The number of phenols is 1. The molecule has 0 spiro atoms. The van der Waals surface area contributed by atoms with Crippen LogP contribution < -0.4 is 0 Å². The number of nitro benzene ring substituents is 1. The van der Waals surface area contributed by atoms with Gasteiger partial charge in [-0.2, -0.15) is 0 Å². The minimum Gasteiger partial charge on any atom is -0.508 e. The van der Waals surface area contributed by atoms with E-state index in [-0.39, 0.29) is 22.9 Å². The maximum absolute atomic E-state index is 12.0. The van der Waals surface area contributed by atoms with Crippen LogP contribution in [0.4, 0.5) is 11.4 Å². The molecule has 24 heavy (non-hydrogen) atoms. The van der Waals surface area contributed by atoms with Crippen molar-refractivity contribution in [1.29, 1.82) is 0 Å². The van der Waals surface area contributed by atoms with E-state index in [0.29, 0.717) is 11.3 Å². The number of carbonyl (C=O) groups is 1. The number of non-ortho nitro benzene ring substituents is 1. The maximum atomic E-state index is 12.0. The quantitative estimate of drug-likeness (QED) is 0.501. The van der Waals surface area contributed by atoms with Gasteiger partial charge < -0.3 is 5.11 Å². The summed E-state index contributed by atoms with van der Waals surface area (Å²) in [5.41, 5.74) is 2.02. The van der Waals surface area contributed by atoms with Crippen LogP contribution in [0.1, 0.15) is 41.3 Å². The van der Waals surface area contributed by atoms with Crippen LogP contribution in [0.5, 0.6) is 5.75 Å². The molecule has 7 heteroatoms. The van der Waals surface area contributed by atoms with Crippen LogP contribution in [0, 0.1) is 17.0 Å². The molecule has 0 heterocycles. The molecule has 0 unspecified atom stereocenters. The molecule has 0 aromatic heterocycles. The Morgan fingerprint density at radius 3 is 2.38 bits per heavy atom. The number of carbonyl (C=O) groups excluding carboxylic acids is 1. The average Bonchev–Trinajstić information content (AvgIpc) is 2.53. The van der Waals surface area contributed by atoms with Gasteiger partial charge in [-0.1, -0.05) is 13.8 Å². The summed E-state index contributed by atoms with van der Waals surface area (Å²) in [5, 5.41) is 28.1. The van der Waals surface area contributed by atoms with E-state index in [1.165, 1.54) is 24.3 Å². The number of amides is 1. The van der Waals surface area contributed by atoms with Crippen LogP contribution in [0.3, 0.4) is 0 Å². The number of azo groups is 1. The first-order valence-electron chi connectivity index (χ1n) is 7.33. The lowest BCUT2D eigenvalue weighted by Gasteiger charge is -2.10. The number of benzene rings is 2. The van der Waals surface area contributed by atoms with Crippen LogP contribution in [-0.2, 0) is 0 Å². The molecular weight excluding hydrogens is 310 g/mol. The minimum atomic E-state index is -0.594. The monoisotopic (exact) mass is 327 g/mol. The Bertz CT molecular complexity index is 811. The van der Waals surface area contributed by atoms with Crippen molar-refractivity contribution in [2.75, 3.05) is 0 Å². The summed E-state index contributed by atoms with van der Waals surface area (Å²) in [6.07, 6.45) is 0. The summed E-state index contributed by atoms with van der Waals surface area (Å²) in [6, 6.07) is 8.43. The lowest BCUT2D eigenvalue weighted by Crippen LogP contribution is -1.95. The van der Waals surface area contributed by atoms with Gasteiger partial charge in [0, 0.05) is 17.7 Å². The normalized spacial score (nSPS) is 11.2. The average molecular weight is 327 g/mol. The second-order valence-electron chi connectivity index (χ2n) is 5.66. The Hall–Kier alpha value is -3.09. The number of phenolic OH excluding ortho intramolecular Hbond substituents is 1. The van der Waals surface area contributed by atoms with Gasteiger partial charge in [0.15, 0.2) is 0 Å². The number of aromatic hydroxyl groups is 1. The second-order valence-corrected chi connectivity index (χ2v) is 5.66. The van der Waals surface area contributed by atoms with Crippen LogP contribution in [-0.4, -0.2) is 15.9 Å². The highest BCUT2D eigenvalue weighted by Crippen LogP contribution is 2.32. The first-order chi connectivity index (χ1) is 11.3. The molecule has 0 fully saturated rings. The maximum Gasteiger partial charge on any atom is 0.295 e. The smallest absolute Gasteiger partial charge is 0.295 e. The number of rotatable bonds is 4. The molecule has 0 atom stereocenters. The lowest BCUT2D eigenvalue weighted by molar-refractivity contribution is -0.384. The van der Waals surface area contributed by atoms with Gasteiger partial charge in [0.1, 0.15) is 5.75 Å². The molecule has 7 nitrogen and oxygen atoms in total. The van der Waals surface area contributed by atoms with E-state index in [1.54, 1.807) is 19.1 Å². The third kappa shape index (κ3) is 3.81. The molecule has 124 valence electrons. The highest BCUT2D eigenvalue weighted by Gasteiger charge is 2.11. The largest absolute Gasteiger partial charge is 0.508 e. The molecule has 0 radical (unpaired) electrons. The minimum absolute atomic E-state index is 0.0977. The first-order valence-corrected chi connectivity index (χ1v) is 7.33. The predicted molar refractivity (Wildman–Crippen MR) is 88.9 cm³/mol. The van der Waals surface area contributed by atoms with E-state index in [0.717, 1.165) is 5.56 Å². The van der Waals surface area contributed by atoms with Crippen molar-refractivity contribution in [3.8, 4) is 5.75 Å². The van der Waals surface area contributed by atoms with Gasteiger partial charge in [-0.25, -0.2) is 0 Å². The molecule has 2 rings (SSSR count). The van der Waals surface area contributed by atoms with Gasteiger partial charge in [-0.05, 0) is 48.2 Å². The van der Waals surface area contributed by atoms with E-state index in [4.69, 9.17) is 0 Å². The number of hydrogen-bond acceptors (Lipinski definition) is 5. The van der Waals surface area contributed by atoms with Crippen LogP contribution >= 0.6 is 0 Å². The first kappa shape index (κ1) is 17.3. The molecule has 0 saturated carbocycles. The van der Waals surface area contributed by atoms with E-state index < -0.39 is 10.8 Å². The zero-order chi connectivity index (χ0) is 17.9. The van der Waals surface area contributed by atoms with Crippen molar-refractivity contribution >= 4 is 17.3 Å². The number of aryl methyl sites for hydroxylation is 1. The van der Waals surface area contributed by atoms with Crippen LogP contribution in [0.25, 0.3) is 0 Å². The number of nitrogens with zero attached hydrogens (tertiary/aromatic N) is 3. The van der Waals surface area contributed by atoms with Gasteiger partial charge in [-0.3, -0.25) is 14.9 Å². The van der Waals surface area contributed by atoms with Gasteiger partial charge in [0.05, 0.1) is 10.6 Å². The van der Waals surface area contributed by atoms with Crippen molar-refractivity contribution in [2.24, 2.45) is 10.2 Å². The van der Waals surface area contributed by atoms with Crippen molar-refractivity contribution in [2.45, 2.75) is 26.7 Å². The van der Waals surface area contributed by atoms with Crippen molar-refractivity contribution in [3.05, 3.63) is 63.2 Å². The van der Waals surface area contributed by atoms with E-state index in [2.05, 4.69) is 10.2 Å². The van der Waals surface area contributed by atoms with Crippen molar-refractivity contribution in [1.82, 2.24) is 0 Å². The molecular formula is C17H17N3O4. The Kier molecular flexibility index (Phi) is 5.03. The summed E-state index contributed by atoms with van der Waals surface area (Å²) in [7, 11) is 0. The molecule has 0 aliphatic rings. The summed E-state index contributed by atoms with van der Waals surface area (Å²) < 4.78 is 0. The van der Waals surface area contributed by atoms with Gasteiger partial charge in [-0.15, -0.1) is 10.2 Å². The van der Waals surface area contributed by atoms with Crippen molar-refractivity contribution < 1.29 is 14.8 Å². The number of hydrogen-bond donors (Lipinski definition) is 1. The third-order valence-corrected chi connectivity index (χ3v) is 3.54. The molecule has 2 aromatic rings. The molecule has 0 aliphatic carbocycles. The second kappa shape index (κ2) is 6.99. The topological polar surface area (TPSA) is 105 Å². The lowest BCUT2D eigenvalue weighted by atomic mass is 9.99. The fourth-order valence-corrected chi connectivity index (χ4v) is 2.15. The molecule has 1 amide bonds. The third-order valence-electron chi connectivity index (χ3n) is 3.54. The molecule has 0 aliphatic heterocycles. The fraction of sp³-hybridized carbons (Fsp3) is 0.235. The molecule has 0 bridgehead atoms. The molecule has 1 N–H and O–H groups in total. The van der Waals surface area contributed by atoms with Crippen LogP contribution in [0.15, 0.2) is 46.6 Å². The molecule has 0 saturated heterocycles. The van der Waals surface area contributed by atoms with Crippen molar-refractivity contribution in [3.63, 3.8) is 0 Å². The summed E-state index contributed by atoms with van der Waals surface area (Å²) in [6.45, 7) is 5.63. The Morgan fingerprint density at radius 1 is 1.21 bits per heavy atom. The Labute approximate surface area is 138 Å². The Balaban J connectivity index is 2.25. The van der Waals surface area contributed by atoms with E-state index >= 15 is 0 Å². The zero-order valence-corrected chi connectivity index (χ0v) is 13.6. The number of nitro groups is 1. The fourth-order valence-electron chi connectivity index (χ4n) is 2.15. The predicted octanol–water partition coefficient (Wildman–Crippen LogP) is 4.66. The Morgan fingerprint density at radius 2 is 1.83 bits per heavy atom. The standard InChI is InChI=1S/C17H17N3O4/c1-10(2)14-9-15(11(3)8-16(14)21)18-19-17(22)12-4-6-13(7-5-12)20(23)24/h4-10,21H,1-3H3. The zero-order valence-electron chi connectivity index (χ0n) is 13.6. The van der Waals surface area contributed by atoms with E-state index in [1.807, 2.05) is 13.8 Å². The van der Waals surface area contributed by atoms with Gasteiger partial charge in [0.2, 0.25) is 0 Å². The van der Waals surface area contributed by atoms with Gasteiger partial charge in [0.25, 0.3) is 11.6 Å². The SMILES string of the molecule is Cc1cc(O)c(C(C)C)cc1N=NC(=O)c1ccc([N+](=O)[O-])cc1. The van der Waals surface area contributed by atoms with Crippen LogP contribution in [0.2, 0.25) is 0 Å². The molecule has 2 aromatic carbocycles. The summed E-state index contributed by atoms with van der Waals surface area (Å²) >= 11 is 0. The van der Waals surface area contributed by atoms with E-state index in [9.17, 15) is 20.0 Å². The van der Waals surface area contributed by atoms with Gasteiger partial charge >= 0.3 is 0 Å². The summed E-state index contributed by atoms with van der Waals surface area (Å²) in [4.78, 5) is 22.1. The highest BCUT2D eigenvalue weighted by atomic mass is 16.6. The highest BCUT2D eigenvalue weighted by molar-refractivity contribution is 5.94.